The first-order chi connectivity index (χ1) is 8.19. The maximum Gasteiger partial charge on any atom is 0.0974 e. The van der Waals surface area contributed by atoms with Crippen molar-refractivity contribution in [3.05, 3.63) is 0 Å². The molecule has 0 aromatic carbocycles. The van der Waals surface area contributed by atoms with Gasteiger partial charge in [0.25, 0.3) is 0 Å². The highest BCUT2D eigenvalue weighted by atomic mass is 16.3. The lowest BCUT2D eigenvalue weighted by Crippen LogP contribution is -2.58. The van der Waals surface area contributed by atoms with Crippen LogP contribution in [0.2, 0.25) is 0 Å². The normalized spacial score (nSPS) is 33.9. The predicted molar refractivity (Wildman–Crippen MR) is 67.8 cm³/mol. The highest BCUT2D eigenvalue weighted by Crippen LogP contribution is 2.19. The number of hydrogen-bond donors (Lipinski definition) is 4. The standard InChI is InChI=1S/C13H27NO3/c1-2-3-4-5-6-7-10-8-12(16)13(17)11(9-15)14-10/h10-17H,2-9H2,1H3/t10-,11-,12-,13+/m1/s1. The molecule has 0 bridgehead atoms. The molecule has 0 unspecified atom stereocenters. The molecular weight excluding hydrogens is 218 g/mol. The molecule has 1 heterocycles. The van der Waals surface area contributed by atoms with Crippen molar-refractivity contribution in [1.29, 1.82) is 0 Å². The molecule has 0 radical (unpaired) electrons. The Balaban J connectivity index is 2.20. The molecule has 1 saturated heterocycles. The summed E-state index contributed by atoms with van der Waals surface area (Å²) in [6.07, 6.45) is 6.27. The summed E-state index contributed by atoms with van der Waals surface area (Å²) in [5.74, 6) is 0. The van der Waals surface area contributed by atoms with Gasteiger partial charge in [0.2, 0.25) is 0 Å². The van der Waals surface area contributed by atoms with Gasteiger partial charge in [0, 0.05) is 6.04 Å². The maximum atomic E-state index is 9.69. The van der Waals surface area contributed by atoms with Gasteiger partial charge in [-0.1, -0.05) is 39.0 Å². The number of nitrogens with one attached hydrogen (secondary N) is 1. The van der Waals surface area contributed by atoms with Gasteiger partial charge in [0.15, 0.2) is 0 Å². The topological polar surface area (TPSA) is 72.7 Å². The number of rotatable bonds is 7. The van der Waals surface area contributed by atoms with Crippen molar-refractivity contribution in [2.24, 2.45) is 0 Å². The van der Waals surface area contributed by atoms with E-state index in [2.05, 4.69) is 12.2 Å². The van der Waals surface area contributed by atoms with E-state index in [0.29, 0.717) is 6.42 Å². The van der Waals surface area contributed by atoms with Crippen LogP contribution in [0, 0.1) is 0 Å². The van der Waals surface area contributed by atoms with E-state index >= 15 is 0 Å². The molecule has 4 nitrogen and oxygen atoms in total. The Morgan fingerprint density at radius 3 is 2.47 bits per heavy atom. The van der Waals surface area contributed by atoms with Crippen molar-refractivity contribution in [1.82, 2.24) is 5.32 Å². The molecule has 1 fully saturated rings. The summed E-state index contributed by atoms with van der Waals surface area (Å²) in [5.41, 5.74) is 0. The molecule has 1 rings (SSSR count). The van der Waals surface area contributed by atoms with E-state index in [9.17, 15) is 10.2 Å². The van der Waals surface area contributed by atoms with Gasteiger partial charge in [-0.25, -0.2) is 0 Å². The van der Waals surface area contributed by atoms with Crippen molar-refractivity contribution >= 4 is 0 Å². The average molecular weight is 245 g/mol. The van der Waals surface area contributed by atoms with E-state index in [4.69, 9.17) is 5.11 Å². The molecule has 0 spiro atoms. The van der Waals surface area contributed by atoms with Crippen molar-refractivity contribution in [2.45, 2.75) is 76.2 Å². The second kappa shape index (κ2) is 8.03. The fraction of sp³-hybridized carbons (Fsp3) is 1.00. The maximum absolute atomic E-state index is 9.69. The zero-order chi connectivity index (χ0) is 12.7. The van der Waals surface area contributed by atoms with Crippen LogP contribution in [0.4, 0.5) is 0 Å². The van der Waals surface area contributed by atoms with Crippen LogP contribution in [0.5, 0.6) is 0 Å². The first-order valence-corrected chi connectivity index (χ1v) is 6.92. The third-order valence-electron chi connectivity index (χ3n) is 3.64. The summed E-state index contributed by atoms with van der Waals surface area (Å²) < 4.78 is 0. The van der Waals surface area contributed by atoms with Crippen molar-refractivity contribution < 1.29 is 15.3 Å². The highest BCUT2D eigenvalue weighted by Gasteiger charge is 2.34. The summed E-state index contributed by atoms with van der Waals surface area (Å²) in [4.78, 5) is 0. The lowest BCUT2D eigenvalue weighted by atomic mass is 9.90. The van der Waals surface area contributed by atoms with Gasteiger partial charge in [-0.2, -0.15) is 0 Å². The molecular formula is C13H27NO3. The molecule has 0 saturated carbocycles. The molecule has 0 amide bonds. The van der Waals surface area contributed by atoms with Gasteiger partial charge in [-0.15, -0.1) is 0 Å². The number of unbranched alkanes of at least 4 members (excludes halogenated alkanes) is 4. The zero-order valence-electron chi connectivity index (χ0n) is 10.8. The largest absolute Gasteiger partial charge is 0.395 e. The monoisotopic (exact) mass is 245 g/mol. The molecule has 0 aromatic heterocycles. The quantitative estimate of drug-likeness (QED) is 0.500. The molecule has 4 N–H and O–H groups in total. The van der Waals surface area contributed by atoms with Gasteiger partial charge < -0.3 is 20.6 Å². The van der Waals surface area contributed by atoms with E-state index in [1.54, 1.807) is 0 Å². The van der Waals surface area contributed by atoms with Crippen molar-refractivity contribution in [3.8, 4) is 0 Å². The van der Waals surface area contributed by atoms with Crippen molar-refractivity contribution in [3.63, 3.8) is 0 Å². The fourth-order valence-electron chi connectivity index (χ4n) is 2.52. The Hall–Kier alpha value is -0.160. The summed E-state index contributed by atoms with van der Waals surface area (Å²) in [5, 5.41) is 31.6. The van der Waals surface area contributed by atoms with E-state index in [-0.39, 0.29) is 18.7 Å². The number of piperidine rings is 1. The van der Waals surface area contributed by atoms with Crippen LogP contribution in [0.15, 0.2) is 0 Å². The van der Waals surface area contributed by atoms with E-state index in [0.717, 1.165) is 12.8 Å². The molecule has 0 aliphatic carbocycles. The molecule has 1 aliphatic heterocycles. The minimum absolute atomic E-state index is 0.120. The predicted octanol–water partition coefficient (Wildman–Crippen LogP) is 0.791. The van der Waals surface area contributed by atoms with Crippen LogP contribution in [-0.2, 0) is 0 Å². The van der Waals surface area contributed by atoms with Crippen LogP contribution in [0.3, 0.4) is 0 Å². The van der Waals surface area contributed by atoms with Crippen molar-refractivity contribution in [2.75, 3.05) is 6.61 Å². The van der Waals surface area contributed by atoms with Gasteiger partial charge >= 0.3 is 0 Å². The van der Waals surface area contributed by atoms with E-state index in [1.165, 1.54) is 25.7 Å². The summed E-state index contributed by atoms with van der Waals surface area (Å²) >= 11 is 0. The minimum Gasteiger partial charge on any atom is -0.395 e. The Morgan fingerprint density at radius 1 is 1.12 bits per heavy atom. The molecule has 1 aliphatic rings. The van der Waals surface area contributed by atoms with Crippen LogP contribution in [0.1, 0.15) is 51.9 Å². The second-order valence-electron chi connectivity index (χ2n) is 5.15. The number of aliphatic hydroxyl groups excluding tert-OH is 3. The van der Waals surface area contributed by atoms with Crippen LogP contribution < -0.4 is 5.32 Å². The Bertz CT molecular complexity index is 201. The molecule has 4 heteroatoms. The third kappa shape index (κ3) is 4.92. The van der Waals surface area contributed by atoms with Gasteiger partial charge in [-0.05, 0) is 12.8 Å². The van der Waals surface area contributed by atoms with E-state index < -0.39 is 12.2 Å². The molecule has 4 atom stereocenters. The summed E-state index contributed by atoms with van der Waals surface area (Å²) in [6.45, 7) is 2.08. The number of aliphatic hydroxyl groups is 3. The van der Waals surface area contributed by atoms with E-state index in [1.807, 2.05) is 0 Å². The zero-order valence-corrected chi connectivity index (χ0v) is 10.8. The van der Waals surface area contributed by atoms with Crippen LogP contribution >= 0.6 is 0 Å². The van der Waals surface area contributed by atoms with Crippen LogP contribution in [-0.4, -0.2) is 46.2 Å². The minimum atomic E-state index is -0.837. The van der Waals surface area contributed by atoms with Gasteiger partial charge in [0.05, 0.1) is 24.9 Å². The Morgan fingerprint density at radius 2 is 1.82 bits per heavy atom. The summed E-state index contributed by atoms with van der Waals surface area (Å²) in [7, 11) is 0. The lowest BCUT2D eigenvalue weighted by molar-refractivity contribution is -0.0519. The SMILES string of the molecule is CCCCCCC[C@@H]1C[C@@H](O)[C@@H](O)[C@@H](CO)N1. The second-order valence-corrected chi connectivity index (χ2v) is 5.15. The molecule has 102 valence electrons. The van der Waals surface area contributed by atoms with Crippen LogP contribution in [0.25, 0.3) is 0 Å². The first-order valence-electron chi connectivity index (χ1n) is 6.92. The fourth-order valence-corrected chi connectivity index (χ4v) is 2.52. The van der Waals surface area contributed by atoms with Gasteiger partial charge in [-0.3, -0.25) is 0 Å². The molecule has 0 aromatic rings. The highest BCUT2D eigenvalue weighted by molar-refractivity contribution is 4.91. The number of hydrogen-bond acceptors (Lipinski definition) is 4. The Kier molecular flexibility index (Phi) is 7.04. The molecule has 17 heavy (non-hydrogen) atoms. The third-order valence-corrected chi connectivity index (χ3v) is 3.64. The Labute approximate surface area is 104 Å². The first kappa shape index (κ1) is 14.9. The average Bonchev–Trinajstić information content (AvgIpc) is 2.33. The lowest BCUT2D eigenvalue weighted by Gasteiger charge is -2.37. The van der Waals surface area contributed by atoms with Gasteiger partial charge in [0.1, 0.15) is 0 Å². The smallest absolute Gasteiger partial charge is 0.0974 e. The summed E-state index contributed by atoms with van der Waals surface area (Å²) in [6, 6.07) is -0.147.